The van der Waals surface area contributed by atoms with Gasteiger partial charge in [-0.15, -0.1) is 0 Å². The molecular formula is C13H13N3OS. The van der Waals surface area contributed by atoms with Crippen molar-refractivity contribution in [2.24, 2.45) is 11.7 Å². The van der Waals surface area contributed by atoms with Gasteiger partial charge in [0.15, 0.2) is 5.13 Å². The second-order valence-electron chi connectivity index (χ2n) is 4.37. The summed E-state index contributed by atoms with van der Waals surface area (Å²) < 4.78 is 1.08. The third kappa shape index (κ3) is 2.14. The molecule has 18 heavy (non-hydrogen) atoms. The van der Waals surface area contributed by atoms with Gasteiger partial charge in [-0.1, -0.05) is 35.6 Å². The van der Waals surface area contributed by atoms with Crippen molar-refractivity contribution in [1.82, 2.24) is 4.98 Å². The molecule has 0 saturated carbocycles. The maximum absolute atomic E-state index is 12.0. The van der Waals surface area contributed by atoms with Crippen LogP contribution in [0.2, 0.25) is 0 Å². The van der Waals surface area contributed by atoms with Crippen molar-refractivity contribution in [3.63, 3.8) is 0 Å². The van der Waals surface area contributed by atoms with Gasteiger partial charge in [-0.3, -0.25) is 4.79 Å². The number of fused-ring (bicyclic) bond motifs is 1. The van der Waals surface area contributed by atoms with Gasteiger partial charge >= 0.3 is 0 Å². The molecule has 0 bridgehead atoms. The molecule has 1 aliphatic rings. The maximum atomic E-state index is 12.0. The van der Waals surface area contributed by atoms with Crippen LogP contribution in [-0.4, -0.2) is 16.9 Å². The zero-order chi connectivity index (χ0) is 12.5. The monoisotopic (exact) mass is 259 g/mol. The Morgan fingerprint density at radius 3 is 2.94 bits per heavy atom. The van der Waals surface area contributed by atoms with Gasteiger partial charge < -0.3 is 11.1 Å². The van der Waals surface area contributed by atoms with Crippen molar-refractivity contribution in [2.45, 2.75) is 12.5 Å². The summed E-state index contributed by atoms with van der Waals surface area (Å²) >= 11 is 1.49. The molecule has 0 aliphatic heterocycles. The van der Waals surface area contributed by atoms with Gasteiger partial charge in [0.25, 0.3) is 0 Å². The van der Waals surface area contributed by atoms with Crippen LogP contribution in [0, 0.1) is 5.92 Å². The van der Waals surface area contributed by atoms with Crippen LogP contribution in [0.15, 0.2) is 36.4 Å². The quantitative estimate of drug-likeness (QED) is 0.812. The number of nitrogens with two attached hydrogens (primary N) is 1. The summed E-state index contributed by atoms with van der Waals surface area (Å²) in [4.78, 5) is 16.4. The van der Waals surface area contributed by atoms with Crippen molar-refractivity contribution < 1.29 is 4.79 Å². The summed E-state index contributed by atoms with van der Waals surface area (Å²) in [7, 11) is 0. The summed E-state index contributed by atoms with van der Waals surface area (Å²) in [6, 6.07) is 7.83. The Bertz CT molecular complexity index is 586. The first kappa shape index (κ1) is 11.4. The maximum Gasteiger partial charge on any atom is 0.233 e. The molecule has 1 aromatic heterocycles. The van der Waals surface area contributed by atoms with E-state index in [1.807, 2.05) is 36.4 Å². The second-order valence-corrected chi connectivity index (χ2v) is 5.40. The van der Waals surface area contributed by atoms with E-state index in [1.54, 1.807) is 0 Å². The van der Waals surface area contributed by atoms with E-state index in [0.29, 0.717) is 11.6 Å². The number of aromatic nitrogens is 1. The summed E-state index contributed by atoms with van der Waals surface area (Å²) in [6.45, 7) is 0. The van der Waals surface area contributed by atoms with Crippen LogP contribution in [0.4, 0.5) is 5.13 Å². The number of rotatable bonds is 2. The molecule has 2 unspecified atom stereocenters. The highest BCUT2D eigenvalue weighted by Gasteiger charge is 2.23. The lowest BCUT2D eigenvalue weighted by Crippen LogP contribution is -2.23. The number of anilines is 1. The number of para-hydroxylation sites is 1. The Hall–Kier alpha value is -1.72. The molecule has 1 aromatic carbocycles. The van der Waals surface area contributed by atoms with Crippen molar-refractivity contribution in [3.05, 3.63) is 36.4 Å². The lowest BCUT2D eigenvalue weighted by atomic mass is 10.1. The van der Waals surface area contributed by atoms with Crippen molar-refractivity contribution in [2.75, 3.05) is 5.32 Å². The largest absolute Gasteiger partial charge is 0.324 e. The minimum atomic E-state index is -0.132. The standard InChI is InChI=1S/C13H13N3OS/c14-9-6-5-8(7-9)12(17)16-13-15-10-3-1-2-4-11(10)18-13/h1-6,8-9H,7,14H2,(H,15,16,17). The minimum Gasteiger partial charge on any atom is -0.324 e. The topological polar surface area (TPSA) is 68.0 Å². The van der Waals surface area contributed by atoms with Gasteiger partial charge in [-0.25, -0.2) is 4.98 Å². The van der Waals surface area contributed by atoms with Gasteiger partial charge in [0.05, 0.1) is 16.1 Å². The van der Waals surface area contributed by atoms with Crippen LogP contribution >= 0.6 is 11.3 Å². The zero-order valence-electron chi connectivity index (χ0n) is 9.67. The van der Waals surface area contributed by atoms with Crippen LogP contribution in [0.3, 0.4) is 0 Å². The van der Waals surface area contributed by atoms with E-state index in [-0.39, 0.29) is 17.9 Å². The summed E-state index contributed by atoms with van der Waals surface area (Å²) in [5.41, 5.74) is 6.65. The number of thiazole rings is 1. The Kier molecular flexibility index (Phi) is 2.85. The van der Waals surface area contributed by atoms with Gasteiger partial charge in [0, 0.05) is 6.04 Å². The van der Waals surface area contributed by atoms with Gasteiger partial charge in [0.2, 0.25) is 5.91 Å². The predicted octanol–water partition coefficient (Wildman–Crippen LogP) is 2.14. The van der Waals surface area contributed by atoms with Crippen molar-refractivity contribution in [3.8, 4) is 0 Å². The molecule has 3 N–H and O–H groups in total. The first-order valence-electron chi connectivity index (χ1n) is 5.83. The van der Waals surface area contributed by atoms with Crippen molar-refractivity contribution in [1.29, 1.82) is 0 Å². The van der Waals surface area contributed by atoms with Crippen LogP contribution in [0.1, 0.15) is 6.42 Å². The molecule has 2 atom stereocenters. The molecule has 1 aliphatic carbocycles. The molecule has 4 nitrogen and oxygen atoms in total. The second kappa shape index (κ2) is 4.51. The average Bonchev–Trinajstić information content (AvgIpc) is 2.94. The SMILES string of the molecule is NC1C=CC(C(=O)Nc2nc3ccccc3s2)C1. The molecule has 2 aromatic rings. The number of amides is 1. The van der Waals surface area contributed by atoms with Crippen LogP contribution in [-0.2, 0) is 4.79 Å². The predicted molar refractivity (Wildman–Crippen MR) is 73.5 cm³/mol. The smallest absolute Gasteiger partial charge is 0.233 e. The van der Waals surface area contributed by atoms with Gasteiger partial charge in [0.1, 0.15) is 0 Å². The fraction of sp³-hybridized carbons (Fsp3) is 0.231. The van der Waals surface area contributed by atoms with Crippen LogP contribution < -0.4 is 11.1 Å². The molecule has 0 saturated heterocycles. The highest BCUT2D eigenvalue weighted by atomic mass is 32.1. The van der Waals surface area contributed by atoms with E-state index >= 15 is 0 Å². The van der Waals surface area contributed by atoms with Crippen LogP contribution in [0.5, 0.6) is 0 Å². The van der Waals surface area contributed by atoms with E-state index in [2.05, 4.69) is 10.3 Å². The number of carbonyl (C=O) groups excluding carboxylic acids is 1. The first-order valence-corrected chi connectivity index (χ1v) is 6.64. The molecular weight excluding hydrogens is 246 g/mol. The molecule has 0 fully saturated rings. The Labute approximate surface area is 109 Å². The van der Waals surface area contributed by atoms with E-state index in [0.717, 1.165) is 10.2 Å². The third-order valence-corrected chi connectivity index (χ3v) is 3.93. The Morgan fingerprint density at radius 2 is 2.22 bits per heavy atom. The molecule has 5 heteroatoms. The fourth-order valence-electron chi connectivity index (χ4n) is 2.05. The lowest BCUT2D eigenvalue weighted by Gasteiger charge is -2.07. The number of hydrogen-bond acceptors (Lipinski definition) is 4. The van der Waals surface area contributed by atoms with E-state index < -0.39 is 0 Å². The summed E-state index contributed by atoms with van der Waals surface area (Å²) in [6.07, 6.45) is 4.42. The fourth-order valence-corrected chi connectivity index (χ4v) is 2.91. The number of benzene rings is 1. The van der Waals surface area contributed by atoms with E-state index in [9.17, 15) is 4.79 Å². The number of hydrogen-bond donors (Lipinski definition) is 2. The summed E-state index contributed by atoms with van der Waals surface area (Å²) in [5.74, 6) is -0.162. The van der Waals surface area contributed by atoms with Gasteiger partial charge in [-0.05, 0) is 18.6 Å². The van der Waals surface area contributed by atoms with Crippen LogP contribution in [0.25, 0.3) is 10.2 Å². The highest BCUT2D eigenvalue weighted by molar-refractivity contribution is 7.22. The Morgan fingerprint density at radius 1 is 1.39 bits per heavy atom. The van der Waals surface area contributed by atoms with E-state index in [4.69, 9.17) is 5.73 Å². The first-order chi connectivity index (χ1) is 8.72. The number of nitrogens with one attached hydrogen (secondary N) is 1. The third-order valence-electron chi connectivity index (χ3n) is 2.98. The number of nitrogens with zero attached hydrogens (tertiary/aromatic N) is 1. The van der Waals surface area contributed by atoms with Gasteiger partial charge in [-0.2, -0.15) is 0 Å². The average molecular weight is 259 g/mol. The Balaban J connectivity index is 1.76. The lowest BCUT2D eigenvalue weighted by molar-refractivity contribution is -0.118. The summed E-state index contributed by atoms with van der Waals surface area (Å²) in [5, 5.41) is 3.50. The molecule has 92 valence electrons. The zero-order valence-corrected chi connectivity index (χ0v) is 10.5. The normalized spacial score (nSPS) is 22.5. The molecule has 3 rings (SSSR count). The minimum absolute atomic E-state index is 0.00360. The highest BCUT2D eigenvalue weighted by Crippen LogP contribution is 2.26. The van der Waals surface area contributed by atoms with E-state index in [1.165, 1.54) is 11.3 Å². The molecule has 0 spiro atoms. The molecule has 1 heterocycles. The van der Waals surface area contributed by atoms with Crippen molar-refractivity contribution >= 4 is 32.6 Å². The molecule has 1 amide bonds. The molecule has 0 radical (unpaired) electrons. The number of carbonyl (C=O) groups is 1.